The largest absolute Gasteiger partial charge is 0.379 e. The van der Waals surface area contributed by atoms with E-state index in [1.807, 2.05) is 30.0 Å². The number of benzene rings is 2. The van der Waals surface area contributed by atoms with Crippen LogP contribution in [0.5, 0.6) is 0 Å². The summed E-state index contributed by atoms with van der Waals surface area (Å²) < 4.78 is 18.7. The van der Waals surface area contributed by atoms with E-state index in [4.69, 9.17) is 17.0 Å². The molecule has 1 saturated heterocycles. The Kier molecular flexibility index (Phi) is 7.14. The molecule has 2 heterocycles. The Morgan fingerprint density at radius 2 is 1.94 bits per heavy atom. The Morgan fingerprint density at radius 3 is 2.69 bits per heavy atom. The molecular formula is C24H27FN4O2S. The predicted octanol–water partition coefficient (Wildman–Crippen LogP) is 3.51. The average Bonchev–Trinajstić information content (AvgIpc) is 2.79. The van der Waals surface area contributed by atoms with E-state index in [2.05, 4.69) is 21.3 Å². The maximum Gasteiger partial charge on any atom is 0.253 e. The van der Waals surface area contributed by atoms with Gasteiger partial charge in [-0.3, -0.25) is 9.69 Å². The SMILES string of the molecule is Cc1ccc2[nH]c(=O)c(CN(CCN3CCOCC3)C(=S)Nc3ccc(F)cc3)cc2c1. The second-order valence-corrected chi connectivity index (χ2v) is 8.41. The highest BCUT2D eigenvalue weighted by Gasteiger charge is 2.17. The number of nitrogens with zero attached hydrogens (tertiary/aromatic N) is 2. The van der Waals surface area contributed by atoms with E-state index in [0.717, 1.165) is 49.3 Å². The molecule has 0 amide bonds. The van der Waals surface area contributed by atoms with Gasteiger partial charge in [-0.2, -0.15) is 0 Å². The highest BCUT2D eigenvalue weighted by molar-refractivity contribution is 7.80. The molecule has 0 unspecified atom stereocenters. The molecule has 2 aromatic carbocycles. The third kappa shape index (κ3) is 5.70. The highest BCUT2D eigenvalue weighted by atomic mass is 32.1. The predicted molar refractivity (Wildman–Crippen MR) is 130 cm³/mol. The quantitative estimate of drug-likeness (QED) is 0.556. The summed E-state index contributed by atoms with van der Waals surface area (Å²) in [5.74, 6) is -0.302. The molecule has 0 radical (unpaired) electrons. The van der Waals surface area contributed by atoms with Crippen molar-refractivity contribution in [3.05, 3.63) is 75.8 Å². The first-order valence-corrected chi connectivity index (χ1v) is 11.1. The molecule has 1 aliphatic heterocycles. The normalized spacial score (nSPS) is 14.4. The summed E-state index contributed by atoms with van der Waals surface area (Å²) in [4.78, 5) is 20.1. The molecule has 6 nitrogen and oxygen atoms in total. The summed E-state index contributed by atoms with van der Waals surface area (Å²) >= 11 is 5.68. The van der Waals surface area contributed by atoms with Gasteiger partial charge < -0.3 is 19.9 Å². The highest BCUT2D eigenvalue weighted by Crippen LogP contribution is 2.15. The minimum Gasteiger partial charge on any atom is -0.379 e. The number of nitrogens with one attached hydrogen (secondary N) is 2. The van der Waals surface area contributed by atoms with Crippen molar-refractivity contribution in [3.63, 3.8) is 0 Å². The molecule has 8 heteroatoms. The number of H-pyrrole nitrogens is 1. The number of morpholine rings is 1. The zero-order chi connectivity index (χ0) is 22.5. The summed E-state index contributed by atoms with van der Waals surface area (Å²) in [6.07, 6.45) is 0. The lowest BCUT2D eigenvalue weighted by molar-refractivity contribution is 0.0358. The van der Waals surface area contributed by atoms with Crippen LogP contribution in [0.1, 0.15) is 11.1 Å². The van der Waals surface area contributed by atoms with Crippen molar-refractivity contribution in [1.82, 2.24) is 14.8 Å². The van der Waals surface area contributed by atoms with E-state index >= 15 is 0 Å². The van der Waals surface area contributed by atoms with Crippen LogP contribution in [0.3, 0.4) is 0 Å². The smallest absolute Gasteiger partial charge is 0.253 e. The molecule has 4 rings (SSSR count). The minimum absolute atomic E-state index is 0.123. The van der Waals surface area contributed by atoms with Crippen LogP contribution in [0, 0.1) is 12.7 Å². The zero-order valence-corrected chi connectivity index (χ0v) is 18.9. The Labute approximate surface area is 192 Å². The molecular weight excluding hydrogens is 427 g/mol. The molecule has 168 valence electrons. The maximum absolute atomic E-state index is 13.3. The lowest BCUT2D eigenvalue weighted by Gasteiger charge is -2.31. The van der Waals surface area contributed by atoms with Crippen molar-refractivity contribution >= 4 is 33.9 Å². The molecule has 1 aliphatic rings. The number of aryl methyl sites for hydroxylation is 1. The van der Waals surface area contributed by atoms with Crippen molar-refractivity contribution in [2.24, 2.45) is 0 Å². The van der Waals surface area contributed by atoms with Crippen LogP contribution in [0.2, 0.25) is 0 Å². The van der Waals surface area contributed by atoms with Crippen LogP contribution in [-0.4, -0.2) is 59.3 Å². The Bertz CT molecular complexity index is 1140. The molecule has 32 heavy (non-hydrogen) atoms. The topological polar surface area (TPSA) is 60.6 Å². The lowest BCUT2D eigenvalue weighted by Crippen LogP contribution is -2.44. The van der Waals surface area contributed by atoms with Crippen molar-refractivity contribution in [2.75, 3.05) is 44.7 Å². The van der Waals surface area contributed by atoms with Gasteiger partial charge in [0.2, 0.25) is 0 Å². The number of halogens is 1. The number of pyridine rings is 1. The molecule has 2 N–H and O–H groups in total. The standard InChI is InChI=1S/C24H27FN4O2S/c1-17-2-7-22-18(14-17)15-19(23(30)27-22)16-29(9-8-28-10-12-31-13-11-28)24(32)26-21-5-3-20(25)4-6-21/h2-7,14-15H,8-13,16H2,1H3,(H,26,32)(H,27,30). The fourth-order valence-electron chi connectivity index (χ4n) is 3.77. The van der Waals surface area contributed by atoms with Crippen LogP contribution in [0.4, 0.5) is 10.1 Å². The first-order valence-electron chi connectivity index (χ1n) is 10.7. The summed E-state index contributed by atoms with van der Waals surface area (Å²) in [5.41, 5.74) is 3.18. The number of fused-ring (bicyclic) bond motifs is 1. The monoisotopic (exact) mass is 454 g/mol. The number of ether oxygens (including phenoxy) is 1. The van der Waals surface area contributed by atoms with E-state index < -0.39 is 0 Å². The number of aromatic nitrogens is 1. The third-order valence-corrected chi connectivity index (χ3v) is 5.97. The number of hydrogen-bond acceptors (Lipinski definition) is 4. The second-order valence-electron chi connectivity index (χ2n) is 8.03. The Morgan fingerprint density at radius 1 is 1.19 bits per heavy atom. The average molecular weight is 455 g/mol. The Hall–Kier alpha value is -2.81. The number of thiocarbonyl (C=S) groups is 1. The first kappa shape index (κ1) is 22.4. The molecule has 0 aliphatic carbocycles. The number of rotatable bonds is 6. The summed E-state index contributed by atoms with van der Waals surface area (Å²) in [7, 11) is 0. The minimum atomic E-state index is -0.302. The molecule has 1 fully saturated rings. The Balaban J connectivity index is 1.55. The fraction of sp³-hybridized carbons (Fsp3) is 0.333. The van der Waals surface area contributed by atoms with E-state index in [-0.39, 0.29) is 11.4 Å². The van der Waals surface area contributed by atoms with Crippen molar-refractivity contribution in [1.29, 1.82) is 0 Å². The van der Waals surface area contributed by atoms with Gasteiger partial charge in [0.15, 0.2) is 5.11 Å². The van der Waals surface area contributed by atoms with Gasteiger partial charge in [0.25, 0.3) is 5.56 Å². The van der Waals surface area contributed by atoms with Gasteiger partial charge in [0.1, 0.15) is 5.82 Å². The van der Waals surface area contributed by atoms with Crippen LogP contribution < -0.4 is 10.9 Å². The number of anilines is 1. The van der Waals surface area contributed by atoms with Gasteiger partial charge in [0.05, 0.1) is 19.8 Å². The first-order chi connectivity index (χ1) is 15.5. The molecule has 0 atom stereocenters. The van der Waals surface area contributed by atoms with Gasteiger partial charge >= 0.3 is 0 Å². The van der Waals surface area contributed by atoms with Gasteiger partial charge in [0, 0.05) is 42.9 Å². The summed E-state index contributed by atoms with van der Waals surface area (Å²) in [6, 6.07) is 14.0. The van der Waals surface area contributed by atoms with E-state index in [0.29, 0.717) is 29.5 Å². The van der Waals surface area contributed by atoms with Gasteiger partial charge in [-0.15, -0.1) is 0 Å². The van der Waals surface area contributed by atoms with E-state index in [1.54, 1.807) is 12.1 Å². The van der Waals surface area contributed by atoms with Crippen molar-refractivity contribution in [2.45, 2.75) is 13.5 Å². The van der Waals surface area contributed by atoms with Gasteiger partial charge in [-0.1, -0.05) is 11.6 Å². The molecule has 0 spiro atoms. The number of aromatic amines is 1. The molecule has 0 saturated carbocycles. The van der Waals surface area contributed by atoms with Crippen LogP contribution >= 0.6 is 12.2 Å². The maximum atomic E-state index is 13.3. The summed E-state index contributed by atoms with van der Waals surface area (Å²) in [5, 5.41) is 4.66. The molecule has 1 aromatic heterocycles. The van der Waals surface area contributed by atoms with Gasteiger partial charge in [-0.05, 0) is 67.0 Å². The molecule has 0 bridgehead atoms. The van der Waals surface area contributed by atoms with Gasteiger partial charge in [-0.25, -0.2) is 4.39 Å². The van der Waals surface area contributed by atoms with Crippen LogP contribution in [0.15, 0.2) is 53.3 Å². The number of hydrogen-bond donors (Lipinski definition) is 2. The third-order valence-electron chi connectivity index (χ3n) is 5.61. The summed E-state index contributed by atoms with van der Waals surface area (Å²) in [6.45, 7) is 7.06. The lowest BCUT2D eigenvalue weighted by atomic mass is 10.1. The van der Waals surface area contributed by atoms with Crippen LogP contribution in [-0.2, 0) is 11.3 Å². The van der Waals surface area contributed by atoms with Crippen molar-refractivity contribution in [3.8, 4) is 0 Å². The second kappa shape index (κ2) is 10.2. The van der Waals surface area contributed by atoms with E-state index in [9.17, 15) is 9.18 Å². The van der Waals surface area contributed by atoms with Crippen LogP contribution in [0.25, 0.3) is 10.9 Å². The van der Waals surface area contributed by atoms with Crippen molar-refractivity contribution < 1.29 is 9.13 Å². The molecule has 3 aromatic rings. The van der Waals surface area contributed by atoms with E-state index in [1.165, 1.54) is 12.1 Å². The zero-order valence-electron chi connectivity index (χ0n) is 18.1. The fourth-order valence-corrected chi connectivity index (χ4v) is 4.04.